The average molecular weight is 230 g/mol. The van der Waals surface area contributed by atoms with Crippen molar-refractivity contribution in [3.05, 3.63) is 54.1 Å². The van der Waals surface area contributed by atoms with Crippen LogP contribution in [0.4, 0.5) is 0 Å². The van der Waals surface area contributed by atoms with Crippen LogP contribution in [0.15, 0.2) is 48.6 Å². The van der Waals surface area contributed by atoms with Crippen molar-refractivity contribution < 1.29 is 9.53 Å². The normalized spacial score (nSPS) is 11.1. The number of hydrogen-bond donors (Lipinski definition) is 0. The molecule has 0 aliphatic rings. The number of methoxy groups -OCH3 is 1. The summed E-state index contributed by atoms with van der Waals surface area (Å²) < 4.78 is 4.67. The minimum atomic E-state index is -0.314. The van der Waals surface area contributed by atoms with E-state index in [4.69, 9.17) is 0 Å². The molecular formula is C15H18O2. The predicted octanol–water partition coefficient (Wildman–Crippen LogP) is 3.60. The summed E-state index contributed by atoms with van der Waals surface area (Å²) in [6.07, 6.45) is 3.23. The number of ether oxygens (including phenoxy) is 1. The molecule has 0 unspecified atom stereocenters. The smallest absolute Gasteiger partial charge is 0.330 e. The molecule has 1 aromatic carbocycles. The van der Waals surface area contributed by atoms with Gasteiger partial charge in [-0.15, -0.1) is 6.58 Å². The lowest BCUT2D eigenvalue weighted by Crippen LogP contribution is -1.97. The van der Waals surface area contributed by atoms with Gasteiger partial charge in [-0.25, -0.2) is 4.79 Å². The standard InChI is InChI=1S/C15H18O2/c1-12(2)9-10-14(11-15(16)17-3)13-7-5-4-6-8-13/h4-8,11H,1,9-10H2,2-3H3/b14-11-. The zero-order valence-electron chi connectivity index (χ0n) is 10.4. The summed E-state index contributed by atoms with van der Waals surface area (Å²) in [4.78, 5) is 11.3. The van der Waals surface area contributed by atoms with E-state index in [0.29, 0.717) is 0 Å². The maximum Gasteiger partial charge on any atom is 0.330 e. The van der Waals surface area contributed by atoms with E-state index in [1.807, 2.05) is 37.3 Å². The van der Waals surface area contributed by atoms with Gasteiger partial charge >= 0.3 is 5.97 Å². The van der Waals surface area contributed by atoms with E-state index in [2.05, 4.69) is 11.3 Å². The molecular weight excluding hydrogens is 212 g/mol. The van der Waals surface area contributed by atoms with Gasteiger partial charge < -0.3 is 4.74 Å². The van der Waals surface area contributed by atoms with Gasteiger partial charge in [0.25, 0.3) is 0 Å². The Labute approximate surface area is 103 Å². The quantitative estimate of drug-likeness (QED) is 0.439. The molecule has 2 nitrogen and oxygen atoms in total. The fraction of sp³-hybridized carbons (Fsp3) is 0.267. The minimum absolute atomic E-state index is 0.314. The molecule has 0 bridgehead atoms. The van der Waals surface area contributed by atoms with Crippen molar-refractivity contribution in [2.75, 3.05) is 7.11 Å². The van der Waals surface area contributed by atoms with E-state index in [1.54, 1.807) is 6.08 Å². The second-order valence-electron chi connectivity index (χ2n) is 4.02. The van der Waals surface area contributed by atoms with E-state index in [1.165, 1.54) is 7.11 Å². The van der Waals surface area contributed by atoms with Crippen LogP contribution in [-0.4, -0.2) is 13.1 Å². The van der Waals surface area contributed by atoms with E-state index in [0.717, 1.165) is 29.6 Å². The first-order valence-corrected chi connectivity index (χ1v) is 5.62. The van der Waals surface area contributed by atoms with Crippen molar-refractivity contribution >= 4 is 11.5 Å². The summed E-state index contributed by atoms with van der Waals surface area (Å²) in [5, 5.41) is 0. The maximum absolute atomic E-state index is 11.3. The number of carbonyl (C=O) groups excluding carboxylic acids is 1. The Hall–Kier alpha value is -1.83. The number of carbonyl (C=O) groups is 1. The molecule has 0 fully saturated rings. The van der Waals surface area contributed by atoms with Crippen molar-refractivity contribution in [3.8, 4) is 0 Å². The Morgan fingerprint density at radius 1 is 1.29 bits per heavy atom. The van der Waals surface area contributed by atoms with Crippen LogP contribution in [0.3, 0.4) is 0 Å². The predicted molar refractivity (Wildman–Crippen MR) is 70.5 cm³/mol. The highest BCUT2D eigenvalue weighted by Crippen LogP contribution is 2.21. The topological polar surface area (TPSA) is 26.3 Å². The highest BCUT2D eigenvalue weighted by Gasteiger charge is 2.04. The first-order chi connectivity index (χ1) is 8.13. The van der Waals surface area contributed by atoms with Gasteiger partial charge in [0, 0.05) is 6.08 Å². The molecule has 0 atom stereocenters. The van der Waals surface area contributed by atoms with Gasteiger partial charge in [-0.05, 0) is 30.9 Å². The van der Waals surface area contributed by atoms with Gasteiger partial charge in [0.15, 0.2) is 0 Å². The van der Waals surface area contributed by atoms with Crippen LogP contribution in [0.1, 0.15) is 25.3 Å². The molecule has 0 radical (unpaired) electrons. The minimum Gasteiger partial charge on any atom is -0.466 e. The van der Waals surface area contributed by atoms with E-state index >= 15 is 0 Å². The lowest BCUT2D eigenvalue weighted by Gasteiger charge is -2.07. The van der Waals surface area contributed by atoms with Gasteiger partial charge in [-0.3, -0.25) is 0 Å². The highest BCUT2D eigenvalue weighted by molar-refractivity contribution is 5.91. The van der Waals surface area contributed by atoms with Crippen molar-refractivity contribution in [1.29, 1.82) is 0 Å². The molecule has 0 N–H and O–H groups in total. The van der Waals surface area contributed by atoms with Crippen LogP contribution >= 0.6 is 0 Å². The Morgan fingerprint density at radius 2 is 1.94 bits per heavy atom. The highest BCUT2D eigenvalue weighted by atomic mass is 16.5. The second-order valence-corrected chi connectivity index (χ2v) is 4.02. The van der Waals surface area contributed by atoms with Crippen molar-refractivity contribution in [1.82, 2.24) is 0 Å². The van der Waals surface area contributed by atoms with Crippen LogP contribution in [-0.2, 0) is 9.53 Å². The Morgan fingerprint density at radius 3 is 2.47 bits per heavy atom. The van der Waals surface area contributed by atoms with Crippen molar-refractivity contribution in [3.63, 3.8) is 0 Å². The summed E-state index contributed by atoms with van der Waals surface area (Å²) in [6.45, 7) is 5.86. The fourth-order valence-electron chi connectivity index (χ4n) is 1.50. The molecule has 2 heteroatoms. The molecule has 1 rings (SSSR count). The van der Waals surface area contributed by atoms with Gasteiger partial charge in [0.1, 0.15) is 0 Å². The van der Waals surface area contributed by atoms with Crippen molar-refractivity contribution in [2.24, 2.45) is 0 Å². The first kappa shape index (κ1) is 13.2. The molecule has 0 aliphatic heterocycles. The average Bonchev–Trinajstić information content (AvgIpc) is 2.35. The van der Waals surface area contributed by atoms with Gasteiger partial charge in [0.05, 0.1) is 7.11 Å². The largest absolute Gasteiger partial charge is 0.466 e. The van der Waals surface area contributed by atoms with Crippen LogP contribution in [0.2, 0.25) is 0 Å². The van der Waals surface area contributed by atoms with Crippen LogP contribution in [0.25, 0.3) is 5.57 Å². The number of hydrogen-bond acceptors (Lipinski definition) is 2. The Bertz CT molecular complexity index is 416. The fourth-order valence-corrected chi connectivity index (χ4v) is 1.50. The molecule has 0 amide bonds. The summed E-state index contributed by atoms with van der Waals surface area (Å²) in [5.41, 5.74) is 3.15. The van der Waals surface area contributed by atoms with Crippen molar-refractivity contribution in [2.45, 2.75) is 19.8 Å². The summed E-state index contributed by atoms with van der Waals surface area (Å²) in [6, 6.07) is 9.86. The molecule has 0 aliphatic carbocycles. The van der Waals surface area contributed by atoms with E-state index in [9.17, 15) is 4.79 Å². The lowest BCUT2D eigenvalue weighted by atomic mass is 9.99. The second kappa shape index (κ2) is 6.69. The van der Waals surface area contributed by atoms with Crippen LogP contribution < -0.4 is 0 Å². The Kier molecular flexibility index (Phi) is 5.21. The van der Waals surface area contributed by atoms with E-state index < -0.39 is 0 Å². The third-order valence-corrected chi connectivity index (χ3v) is 2.46. The lowest BCUT2D eigenvalue weighted by molar-refractivity contribution is -0.134. The Balaban J connectivity index is 2.90. The van der Waals surface area contributed by atoms with Gasteiger partial charge in [-0.1, -0.05) is 35.9 Å². The molecule has 0 spiro atoms. The molecule has 0 aromatic heterocycles. The third kappa shape index (κ3) is 4.68. The molecule has 90 valence electrons. The summed E-state index contributed by atoms with van der Waals surface area (Å²) in [7, 11) is 1.39. The van der Waals surface area contributed by atoms with E-state index in [-0.39, 0.29) is 5.97 Å². The van der Waals surface area contributed by atoms with Gasteiger partial charge in [0.2, 0.25) is 0 Å². The number of benzene rings is 1. The molecule has 0 saturated heterocycles. The molecule has 0 heterocycles. The number of allylic oxidation sites excluding steroid dienone is 2. The van der Waals surface area contributed by atoms with Crippen LogP contribution in [0, 0.1) is 0 Å². The van der Waals surface area contributed by atoms with Crippen LogP contribution in [0.5, 0.6) is 0 Å². The zero-order valence-corrected chi connectivity index (χ0v) is 10.4. The summed E-state index contributed by atoms with van der Waals surface area (Å²) in [5.74, 6) is -0.314. The van der Waals surface area contributed by atoms with Gasteiger partial charge in [-0.2, -0.15) is 0 Å². The molecule has 17 heavy (non-hydrogen) atoms. The first-order valence-electron chi connectivity index (χ1n) is 5.62. The maximum atomic E-state index is 11.3. The number of rotatable bonds is 5. The SMILES string of the molecule is C=C(C)CC/C(=C/C(=O)OC)c1ccccc1. The summed E-state index contributed by atoms with van der Waals surface area (Å²) >= 11 is 0. The molecule has 1 aromatic rings. The molecule has 0 saturated carbocycles. The number of esters is 1. The monoisotopic (exact) mass is 230 g/mol. The zero-order chi connectivity index (χ0) is 12.7. The third-order valence-electron chi connectivity index (χ3n) is 2.46.